The van der Waals surface area contributed by atoms with E-state index in [1.54, 1.807) is 6.92 Å². The Bertz CT molecular complexity index is 212. The van der Waals surface area contributed by atoms with Crippen LogP contribution in [0.1, 0.15) is 33.1 Å². The van der Waals surface area contributed by atoms with Crippen molar-refractivity contribution in [3.8, 4) is 0 Å². The van der Waals surface area contributed by atoms with Crippen LogP contribution in [0.5, 0.6) is 0 Å². The molecule has 0 aromatic carbocycles. The molecule has 0 radical (unpaired) electrons. The third kappa shape index (κ3) is 4.10. The molecule has 16 heavy (non-hydrogen) atoms. The highest BCUT2D eigenvalue weighted by atomic mass is 16.5. The molecular formula is C12H23NO3. The minimum atomic E-state index is -0.705. The van der Waals surface area contributed by atoms with Crippen LogP contribution in [0.4, 0.5) is 0 Å². The topological polar surface area (TPSA) is 49.8 Å². The fourth-order valence-electron chi connectivity index (χ4n) is 2.22. The van der Waals surface area contributed by atoms with Gasteiger partial charge in [0.05, 0.1) is 5.92 Å². The summed E-state index contributed by atoms with van der Waals surface area (Å²) >= 11 is 0. The molecule has 0 spiro atoms. The van der Waals surface area contributed by atoms with Gasteiger partial charge in [-0.2, -0.15) is 0 Å². The molecule has 1 aliphatic rings. The van der Waals surface area contributed by atoms with Gasteiger partial charge >= 0.3 is 5.97 Å². The van der Waals surface area contributed by atoms with Gasteiger partial charge in [-0.3, -0.25) is 9.69 Å². The number of nitrogens with zero attached hydrogens (tertiary/aromatic N) is 1. The smallest absolute Gasteiger partial charge is 0.307 e. The van der Waals surface area contributed by atoms with Crippen molar-refractivity contribution in [1.29, 1.82) is 0 Å². The van der Waals surface area contributed by atoms with Crippen molar-refractivity contribution in [2.75, 3.05) is 26.3 Å². The van der Waals surface area contributed by atoms with E-state index in [9.17, 15) is 4.79 Å². The monoisotopic (exact) mass is 229 g/mol. The largest absolute Gasteiger partial charge is 0.481 e. The zero-order valence-corrected chi connectivity index (χ0v) is 10.3. The molecule has 2 atom stereocenters. The maximum atomic E-state index is 10.9. The second kappa shape index (κ2) is 6.86. The lowest BCUT2D eigenvalue weighted by Crippen LogP contribution is -2.40. The highest BCUT2D eigenvalue weighted by molar-refractivity contribution is 5.69. The number of ether oxygens (including phenoxy) is 1. The standard InChI is InChI=1S/C12H23NO3/c1-3-13(9-10(2)12(14)15)11-5-4-7-16-8-6-11/h10-11H,3-9H2,1-2H3,(H,14,15). The zero-order chi connectivity index (χ0) is 12.0. The minimum Gasteiger partial charge on any atom is -0.481 e. The number of carboxylic acid groups (broad SMARTS) is 1. The van der Waals surface area contributed by atoms with Gasteiger partial charge in [-0.25, -0.2) is 0 Å². The SMILES string of the molecule is CCN(CC(C)C(=O)O)C1CCCOCC1. The van der Waals surface area contributed by atoms with Crippen LogP contribution in [0.25, 0.3) is 0 Å². The van der Waals surface area contributed by atoms with Gasteiger partial charge in [0.2, 0.25) is 0 Å². The van der Waals surface area contributed by atoms with E-state index in [1.807, 2.05) is 0 Å². The molecule has 4 heteroatoms. The Hall–Kier alpha value is -0.610. The number of aliphatic carboxylic acids is 1. The van der Waals surface area contributed by atoms with Crippen molar-refractivity contribution in [2.45, 2.75) is 39.2 Å². The van der Waals surface area contributed by atoms with Gasteiger partial charge < -0.3 is 9.84 Å². The van der Waals surface area contributed by atoms with Gasteiger partial charge in [0.1, 0.15) is 0 Å². The summed E-state index contributed by atoms with van der Waals surface area (Å²) in [4.78, 5) is 13.1. The first kappa shape index (κ1) is 13.5. The second-order valence-corrected chi connectivity index (χ2v) is 4.52. The van der Waals surface area contributed by atoms with E-state index in [-0.39, 0.29) is 5.92 Å². The fraction of sp³-hybridized carbons (Fsp3) is 0.917. The third-order valence-corrected chi connectivity index (χ3v) is 3.27. The third-order valence-electron chi connectivity index (χ3n) is 3.27. The summed E-state index contributed by atoms with van der Waals surface area (Å²) in [7, 11) is 0. The molecule has 1 saturated heterocycles. The fourth-order valence-corrected chi connectivity index (χ4v) is 2.22. The number of carbonyl (C=O) groups is 1. The molecular weight excluding hydrogens is 206 g/mol. The minimum absolute atomic E-state index is 0.288. The van der Waals surface area contributed by atoms with Crippen molar-refractivity contribution in [3.63, 3.8) is 0 Å². The molecule has 1 aliphatic heterocycles. The molecule has 0 amide bonds. The molecule has 4 nitrogen and oxygen atoms in total. The number of hydrogen-bond donors (Lipinski definition) is 1. The van der Waals surface area contributed by atoms with Gasteiger partial charge in [-0.1, -0.05) is 13.8 Å². The van der Waals surface area contributed by atoms with Gasteiger partial charge in [0, 0.05) is 25.8 Å². The summed E-state index contributed by atoms with van der Waals surface area (Å²) in [6, 6.07) is 0.495. The lowest BCUT2D eigenvalue weighted by atomic mass is 10.0. The number of rotatable bonds is 5. The molecule has 0 aliphatic carbocycles. The summed E-state index contributed by atoms with van der Waals surface area (Å²) in [6.45, 7) is 7.10. The number of hydrogen-bond acceptors (Lipinski definition) is 3. The van der Waals surface area contributed by atoms with Crippen LogP contribution in [0.2, 0.25) is 0 Å². The van der Waals surface area contributed by atoms with E-state index < -0.39 is 5.97 Å². The van der Waals surface area contributed by atoms with E-state index in [4.69, 9.17) is 9.84 Å². The highest BCUT2D eigenvalue weighted by Crippen LogP contribution is 2.16. The summed E-state index contributed by atoms with van der Waals surface area (Å²) in [5.41, 5.74) is 0. The predicted octanol–water partition coefficient (Wildman–Crippen LogP) is 1.60. The van der Waals surface area contributed by atoms with Crippen LogP contribution in [0.15, 0.2) is 0 Å². The molecule has 0 bridgehead atoms. The molecule has 1 N–H and O–H groups in total. The summed E-state index contributed by atoms with van der Waals surface area (Å²) < 4.78 is 5.43. The van der Waals surface area contributed by atoms with Crippen LogP contribution in [0, 0.1) is 5.92 Å². The normalized spacial score (nSPS) is 24.1. The predicted molar refractivity (Wildman–Crippen MR) is 62.5 cm³/mol. The lowest BCUT2D eigenvalue weighted by molar-refractivity contribution is -0.141. The average Bonchev–Trinajstić information content (AvgIpc) is 2.53. The molecule has 94 valence electrons. The first-order valence-corrected chi connectivity index (χ1v) is 6.19. The summed E-state index contributed by atoms with van der Waals surface area (Å²) in [5.74, 6) is -0.993. The van der Waals surface area contributed by atoms with Crippen LogP contribution >= 0.6 is 0 Å². The molecule has 2 unspecified atom stereocenters. The van der Waals surface area contributed by atoms with Crippen molar-refractivity contribution < 1.29 is 14.6 Å². The van der Waals surface area contributed by atoms with Crippen LogP contribution in [-0.4, -0.2) is 48.3 Å². The maximum absolute atomic E-state index is 10.9. The van der Waals surface area contributed by atoms with E-state index in [0.717, 1.165) is 39.0 Å². The van der Waals surface area contributed by atoms with Crippen molar-refractivity contribution in [3.05, 3.63) is 0 Å². The Labute approximate surface area is 97.6 Å². The Kier molecular flexibility index (Phi) is 5.77. The highest BCUT2D eigenvalue weighted by Gasteiger charge is 2.22. The summed E-state index contributed by atoms with van der Waals surface area (Å²) in [5, 5.41) is 8.93. The molecule has 1 heterocycles. The van der Waals surface area contributed by atoms with Crippen molar-refractivity contribution in [2.24, 2.45) is 5.92 Å². The van der Waals surface area contributed by atoms with Crippen LogP contribution in [0.3, 0.4) is 0 Å². The Balaban J connectivity index is 2.47. The molecule has 0 aromatic heterocycles. The van der Waals surface area contributed by atoms with Gasteiger partial charge in [-0.05, 0) is 25.8 Å². The van der Waals surface area contributed by atoms with E-state index >= 15 is 0 Å². The van der Waals surface area contributed by atoms with E-state index in [2.05, 4.69) is 11.8 Å². The quantitative estimate of drug-likeness (QED) is 0.778. The number of carboxylic acids is 1. The Morgan fingerprint density at radius 3 is 2.88 bits per heavy atom. The average molecular weight is 229 g/mol. The van der Waals surface area contributed by atoms with Crippen molar-refractivity contribution in [1.82, 2.24) is 4.90 Å². The lowest BCUT2D eigenvalue weighted by Gasteiger charge is -2.30. The van der Waals surface area contributed by atoms with E-state index in [0.29, 0.717) is 12.6 Å². The van der Waals surface area contributed by atoms with Gasteiger partial charge in [-0.15, -0.1) is 0 Å². The Morgan fingerprint density at radius 2 is 2.25 bits per heavy atom. The molecule has 0 aromatic rings. The first-order chi connectivity index (χ1) is 7.65. The van der Waals surface area contributed by atoms with Gasteiger partial charge in [0.25, 0.3) is 0 Å². The maximum Gasteiger partial charge on any atom is 0.307 e. The Morgan fingerprint density at radius 1 is 1.50 bits per heavy atom. The van der Waals surface area contributed by atoms with Crippen LogP contribution < -0.4 is 0 Å². The molecule has 1 fully saturated rings. The second-order valence-electron chi connectivity index (χ2n) is 4.52. The van der Waals surface area contributed by atoms with Gasteiger partial charge in [0.15, 0.2) is 0 Å². The first-order valence-electron chi connectivity index (χ1n) is 6.19. The van der Waals surface area contributed by atoms with Crippen LogP contribution in [-0.2, 0) is 9.53 Å². The zero-order valence-electron chi connectivity index (χ0n) is 10.3. The molecule has 0 saturated carbocycles. The van der Waals surface area contributed by atoms with E-state index in [1.165, 1.54) is 0 Å². The summed E-state index contributed by atoms with van der Waals surface area (Å²) in [6.07, 6.45) is 3.24. The molecule has 1 rings (SSSR count). The van der Waals surface area contributed by atoms with Crippen molar-refractivity contribution >= 4 is 5.97 Å².